The second kappa shape index (κ2) is 7.56. The number of amides is 1. The number of carboxylic acids is 1. The van der Waals surface area contributed by atoms with Crippen molar-refractivity contribution in [2.75, 3.05) is 13.1 Å². The molecule has 1 atom stereocenters. The number of carbonyl (C=O) groups is 2. The number of aryl methyl sites for hydroxylation is 1. The molecule has 0 aliphatic carbocycles. The van der Waals surface area contributed by atoms with E-state index >= 15 is 0 Å². The predicted molar refractivity (Wildman–Crippen MR) is 77.2 cm³/mol. The van der Waals surface area contributed by atoms with Gasteiger partial charge in [-0.3, -0.25) is 14.4 Å². The van der Waals surface area contributed by atoms with Crippen molar-refractivity contribution in [2.45, 2.75) is 33.7 Å². The second-order valence-electron chi connectivity index (χ2n) is 4.86. The minimum atomic E-state index is -0.954. The van der Waals surface area contributed by atoms with Crippen LogP contribution in [0.2, 0.25) is 0 Å². The van der Waals surface area contributed by atoms with Crippen LogP contribution < -0.4 is 5.56 Å². The molecule has 1 amide bonds. The van der Waals surface area contributed by atoms with E-state index in [4.69, 9.17) is 5.11 Å². The smallest absolute Gasteiger partial charge is 0.308 e. The van der Waals surface area contributed by atoms with Gasteiger partial charge < -0.3 is 10.0 Å². The molecule has 7 nitrogen and oxygen atoms in total. The molecule has 1 N–H and O–H groups in total. The lowest BCUT2D eigenvalue weighted by atomic mass is 10.1. The molecule has 1 aromatic heterocycles. The first kappa shape index (κ1) is 16.9. The molecule has 1 unspecified atom stereocenters. The number of carboxylic acid groups (broad SMARTS) is 1. The lowest BCUT2D eigenvalue weighted by molar-refractivity contribution is -0.141. The number of hydrogen-bond acceptors (Lipinski definition) is 4. The molecule has 1 aromatic rings. The van der Waals surface area contributed by atoms with Gasteiger partial charge in [0, 0.05) is 25.7 Å². The highest BCUT2D eigenvalue weighted by atomic mass is 16.4. The first-order valence-corrected chi connectivity index (χ1v) is 7.00. The number of carbonyl (C=O) groups excluding carboxylic acids is 1. The quantitative estimate of drug-likeness (QED) is 0.804. The molecule has 116 valence electrons. The van der Waals surface area contributed by atoms with Gasteiger partial charge in [0.15, 0.2) is 0 Å². The summed E-state index contributed by atoms with van der Waals surface area (Å²) in [5.41, 5.74) is -0.0992. The summed E-state index contributed by atoms with van der Waals surface area (Å²) in [6.45, 7) is 6.16. The van der Waals surface area contributed by atoms with E-state index in [0.29, 0.717) is 13.1 Å². The Morgan fingerprint density at radius 1 is 1.38 bits per heavy atom. The molecular formula is C14H21N3O4. The topological polar surface area (TPSA) is 92.5 Å². The fraction of sp³-hybridized carbons (Fsp3) is 0.571. The molecule has 0 fully saturated rings. The molecule has 1 rings (SSSR count). The molecule has 0 bridgehead atoms. The molecule has 0 radical (unpaired) electrons. The van der Waals surface area contributed by atoms with Crippen molar-refractivity contribution in [3.63, 3.8) is 0 Å². The number of aliphatic carboxylic acids is 1. The first-order valence-electron chi connectivity index (χ1n) is 7.00. The van der Waals surface area contributed by atoms with E-state index in [1.807, 2.05) is 6.92 Å². The van der Waals surface area contributed by atoms with Gasteiger partial charge in [-0.15, -0.1) is 0 Å². The minimum Gasteiger partial charge on any atom is -0.481 e. The maximum Gasteiger partial charge on any atom is 0.308 e. The molecular weight excluding hydrogens is 274 g/mol. The summed E-state index contributed by atoms with van der Waals surface area (Å²) >= 11 is 0. The summed E-state index contributed by atoms with van der Waals surface area (Å²) in [5, 5.41) is 13.0. The van der Waals surface area contributed by atoms with E-state index in [1.54, 1.807) is 13.8 Å². The number of aromatic nitrogens is 2. The summed E-state index contributed by atoms with van der Waals surface area (Å²) in [5.74, 6) is -1.98. The maximum absolute atomic E-state index is 12.4. The average molecular weight is 295 g/mol. The summed E-state index contributed by atoms with van der Waals surface area (Å²) in [7, 11) is 0. The van der Waals surface area contributed by atoms with Gasteiger partial charge in [0.05, 0.1) is 5.92 Å². The Morgan fingerprint density at radius 3 is 2.57 bits per heavy atom. The van der Waals surface area contributed by atoms with E-state index in [1.165, 1.54) is 21.7 Å². The highest BCUT2D eigenvalue weighted by Gasteiger charge is 2.21. The fourth-order valence-electron chi connectivity index (χ4n) is 1.86. The van der Waals surface area contributed by atoms with Crippen molar-refractivity contribution >= 4 is 11.9 Å². The van der Waals surface area contributed by atoms with Gasteiger partial charge in [-0.05, 0) is 19.4 Å². The van der Waals surface area contributed by atoms with E-state index in [0.717, 1.165) is 6.42 Å². The number of nitrogens with zero attached hydrogens (tertiary/aromatic N) is 3. The van der Waals surface area contributed by atoms with Crippen molar-refractivity contribution in [1.29, 1.82) is 0 Å². The fourth-order valence-corrected chi connectivity index (χ4v) is 1.86. The Balaban J connectivity index is 2.97. The zero-order valence-corrected chi connectivity index (χ0v) is 12.6. The van der Waals surface area contributed by atoms with E-state index in [2.05, 4.69) is 5.10 Å². The normalized spacial score (nSPS) is 12.0. The van der Waals surface area contributed by atoms with Gasteiger partial charge in [-0.25, -0.2) is 4.68 Å². The van der Waals surface area contributed by atoms with Crippen LogP contribution in [0.3, 0.4) is 0 Å². The summed E-state index contributed by atoms with van der Waals surface area (Å²) < 4.78 is 1.25. The Kier molecular flexibility index (Phi) is 6.08. The lowest BCUT2D eigenvalue weighted by Gasteiger charge is -2.22. The van der Waals surface area contributed by atoms with Gasteiger partial charge in [-0.1, -0.05) is 13.8 Å². The molecule has 0 saturated carbocycles. The van der Waals surface area contributed by atoms with Gasteiger partial charge in [-0.2, -0.15) is 5.10 Å². The Bertz CT molecular complexity index is 568. The molecule has 1 heterocycles. The number of hydrogen-bond donors (Lipinski definition) is 1. The maximum atomic E-state index is 12.4. The average Bonchev–Trinajstić information content (AvgIpc) is 2.46. The first-order chi connectivity index (χ1) is 9.90. The SMILES string of the molecule is CCCn1nc(C(=O)N(CC)CC(C)C(=O)O)ccc1=O. The lowest BCUT2D eigenvalue weighted by Crippen LogP contribution is -2.38. The molecule has 0 aliphatic rings. The van der Waals surface area contributed by atoms with Crippen LogP contribution in [0.15, 0.2) is 16.9 Å². The van der Waals surface area contributed by atoms with Crippen molar-refractivity contribution in [1.82, 2.24) is 14.7 Å². The summed E-state index contributed by atoms with van der Waals surface area (Å²) in [6.07, 6.45) is 0.734. The monoisotopic (exact) mass is 295 g/mol. The number of rotatable bonds is 7. The van der Waals surface area contributed by atoms with Crippen molar-refractivity contribution in [3.05, 3.63) is 28.2 Å². The van der Waals surface area contributed by atoms with E-state index < -0.39 is 11.9 Å². The van der Waals surface area contributed by atoms with Crippen molar-refractivity contribution in [2.24, 2.45) is 5.92 Å². The van der Waals surface area contributed by atoms with Crippen LogP contribution in [0.25, 0.3) is 0 Å². The largest absolute Gasteiger partial charge is 0.481 e. The van der Waals surface area contributed by atoms with Gasteiger partial charge in [0.25, 0.3) is 11.5 Å². The molecule has 0 aliphatic heterocycles. The third-order valence-electron chi connectivity index (χ3n) is 3.11. The Morgan fingerprint density at radius 2 is 2.05 bits per heavy atom. The Hall–Kier alpha value is -2.18. The van der Waals surface area contributed by atoms with Crippen LogP contribution in [-0.4, -0.2) is 44.8 Å². The van der Waals surface area contributed by atoms with E-state index in [9.17, 15) is 14.4 Å². The van der Waals surface area contributed by atoms with Crippen LogP contribution >= 0.6 is 0 Å². The standard InChI is InChI=1S/C14H21N3O4/c1-4-8-17-12(18)7-6-11(15-17)13(19)16(5-2)9-10(3)14(20)21/h6-7,10H,4-5,8-9H2,1-3H3,(H,20,21). The van der Waals surface area contributed by atoms with Crippen LogP contribution in [0.5, 0.6) is 0 Å². The Labute approximate surface area is 123 Å². The van der Waals surface area contributed by atoms with Crippen molar-refractivity contribution < 1.29 is 14.7 Å². The van der Waals surface area contributed by atoms with Crippen LogP contribution in [0.4, 0.5) is 0 Å². The van der Waals surface area contributed by atoms with Gasteiger partial charge in [0.1, 0.15) is 5.69 Å². The predicted octanol–water partition coefficient (Wildman–Crippen LogP) is 0.836. The van der Waals surface area contributed by atoms with Gasteiger partial charge >= 0.3 is 5.97 Å². The summed E-state index contributed by atoms with van der Waals surface area (Å²) in [4.78, 5) is 36.3. The van der Waals surface area contributed by atoms with Gasteiger partial charge in [0.2, 0.25) is 0 Å². The van der Waals surface area contributed by atoms with Crippen LogP contribution in [0.1, 0.15) is 37.7 Å². The molecule has 7 heteroatoms. The second-order valence-corrected chi connectivity index (χ2v) is 4.86. The zero-order chi connectivity index (χ0) is 16.0. The molecule has 21 heavy (non-hydrogen) atoms. The van der Waals surface area contributed by atoms with Crippen molar-refractivity contribution in [3.8, 4) is 0 Å². The third-order valence-corrected chi connectivity index (χ3v) is 3.11. The molecule has 0 aromatic carbocycles. The van der Waals surface area contributed by atoms with Crippen LogP contribution in [0, 0.1) is 5.92 Å². The minimum absolute atomic E-state index is 0.110. The third kappa shape index (κ3) is 4.40. The van der Waals surface area contributed by atoms with Crippen LogP contribution in [-0.2, 0) is 11.3 Å². The summed E-state index contributed by atoms with van der Waals surface area (Å²) in [6, 6.07) is 2.69. The molecule has 0 saturated heterocycles. The van der Waals surface area contributed by atoms with E-state index in [-0.39, 0.29) is 23.7 Å². The molecule has 0 spiro atoms. The highest BCUT2D eigenvalue weighted by Crippen LogP contribution is 2.05. The highest BCUT2D eigenvalue weighted by molar-refractivity contribution is 5.92. The zero-order valence-electron chi connectivity index (χ0n) is 12.6.